The Labute approximate surface area is 109 Å². The van der Waals surface area contributed by atoms with Crippen molar-refractivity contribution in [1.82, 2.24) is 4.90 Å². The minimum absolute atomic E-state index is 0.00765. The molecular formula is C12H16BrNO3. The van der Waals surface area contributed by atoms with E-state index in [9.17, 15) is 4.79 Å². The molecule has 1 N–H and O–H groups in total. The van der Waals surface area contributed by atoms with Crippen LogP contribution in [0, 0.1) is 5.92 Å². The number of hydrogen-bond acceptors (Lipinski definition) is 3. The van der Waals surface area contributed by atoms with Crippen LogP contribution in [0.1, 0.15) is 29.6 Å². The number of halogens is 1. The average molecular weight is 302 g/mol. The summed E-state index contributed by atoms with van der Waals surface area (Å²) in [7, 11) is 0. The molecule has 1 aliphatic rings. The van der Waals surface area contributed by atoms with Crippen molar-refractivity contribution in [1.29, 1.82) is 0 Å². The van der Waals surface area contributed by atoms with Crippen molar-refractivity contribution in [2.45, 2.75) is 19.3 Å². The molecule has 0 spiro atoms. The van der Waals surface area contributed by atoms with Gasteiger partial charge in [-0.15, -0.1) is 0 Å². The number of carbonyl (C=O) groups is 1. The molecule has 1 aromatic heterocycles. The number of furan rings is 1. The predicted molar refractivity (Wildman–Crippen MR) is 66.7 cm³/mol. The predicted octanol–water partition coefficient (Wildman–Crippen LogP) is 2.28. The molecule has 0 radical (unpaired) electrons. The van der Waals surface area contributed by atoms with Crippen molar-refractivity contribution in [3.8, 4) is 0 Å². The second kappa shape index (κ2) is 5.69. The standard InChI is InChI=1S/C12H16BrNO3/c13-11-10(4-7-17-11)12(16)14-5-1-2-9(8-14)3-6-15/h4,7,9,15H,1-3,5-6,8H2. The molecule has 1 aliphatic heterocycles. The normalized spacial score (nSPS) is 20.6. The van der Waals surface area contributed by atoms with E-state index in [1.54, 1.807) is 6.07 Å². The molecule has 0 saturated carbocycles. The third kappa shape index (κ3) is 2.90. The molecule has 94 valence electrons. The van der Waals surface area contributed by atoms with E-state index < -0.39 is 0 Å². The molecule has 5 heteroatoms. The van der Waals surface area contributed by atoms with E-state index in [4.69, 9.17) is 9.52 Å². The number of aliphatic hydroxyl groups is 1. The lowest BCUT2D eigenvalue weighted by atomic mass is 9.95. The van der Waals surface area contributed by atoms with Crippen LogP contribution in [-0.4, -0.2) is 35.6 Å². The average Bonchev–Trinajstić information content (AvgIpc) is 2.75. The van der Waals surface area contributed by atoms with Crippen LogP contribution in [0.15, 0.2) is 21.4 Å². The first-order valence-electron chi connectivity index (χ1n) is 5.85. The monoisotopic (exact) mass is 301 g/mol. The first-order chi connectivity index (χ1) is 8.22. The third-order valence-electron chi connectivity index (χ3n) is 3.19. The smallest absolute Gasteiger partial charge is 0.258 e. The quantitative estimate of drug-likeness (QED) is 0.932. The van der Waals surface area contributed by atoms with E-state index >= 15 is 0 Å². The molecule has 1 atom stereocenters. The lowest BCUT2D eigenvalue weighted by Gasteiger charge is -2.32. The van der Waals surface area contributed by atoms with Gasteiger partial charge in [0.15, 0.2) is 4.67 Å². The van der Waals surface area contributed by atoms with Crippen LogP contribution in [0.2, 0.25) is 0 Å². The molecule has 0 bridgehead atoms. The van der Waals surface area contributed by atoms with E-state index in [-0.39, 0.29) is 12.5 Å². The summed E-state index contributed by atoms with van der Waals surface area (Å²) in [5, 5.41) is 8.95. The minimum Gasteiger partial charge on any atom is -0.457 e. The van der Waals surface area contributed by atoms with Crippen LogP contribution in [0.5, 0.6) is 0 Å². The highest BCUT2D eigenvalue weighted by Gasteiger charge is 2.26. The Bertz CT molecular complexity index is 389. The number of amides is 1. The number of carbonyl (C=O) groups excluding carboxylic acids is 1. The largest absolute Gasteiger partial charge is 0.457 e. The van der Waals surface area contributed by atoms with E-state index in [0.717, 1.165) is 32.4 Å². The number of aliphatic hydroxyl groups excluding tert-OH is 1. The van der Waals surface area contributed by atoms with Gasteiger partial charge in [-0.2, -0.15) is 0 Å². The van der Waals surface area contributed by atoms with E-state index in [1.165, 1.54) is 6.26 Å². The summed E-state index contributed by atoms with van der Waals surface area (Å²) in [6, 6.07) is 1.68. The van der Waals surface area contributed by atoms with Gasteiger partial charge in [-0.3, -0.25) is 4.79 Å². The van der Waals surface area contributed by atoms with Gasteiger partial charge in [0.2, 0.25) is 0 Å². The van der Waals surface area contributed by atoms with Crippen LogP contribution < -0.4 is 0 Å². The maximum Gasteiger partial charge on any atom is 0.258 e. The van der Waals surface area contributed by atoms with Crippen molar-refractivity contribution < 1.29 is 14.3 Å². The topological polar surface area (TPSA) is 53.7 Å². The zero-order chi connectivity index (χ0) is 12.3. The van der Waals surface area contributed by atoms with E-state index in [2.05, 4.69) is 15.9 Å². The maximum atomic E-state index is 12.2. The molecule has 2 rings (SSSR count). The molecule has 1 fully saturated rings. The lowest BCUT2D eigenvalue weighted by Crippen LogP contribution is -2.40. The number of likely N-dealkylation sites (tertiary alicyclic amines) is 1. The van der Waals surface area contributed by atoms with Crippen LogP contribution in [0.25, 0.3) is 0 Å². The van der Waals surface area contributed by atoms with Gasteiger partial charge in [-0.05, 0) is 47.2 Å². The van der Waals surface area contributed by atoms with Crippen molar-refractivity contribution in [3.05, 3.63) is 22.6 Å². The molecule has 1 aromatic rings. The van der Waals surface area contributed by atoms with Gasteiger partial charge < -0.3 is 14.4 Å². The summed E-state index contributed by atoms with van der Waals surface area (Å²) in [6.45, 7) is 1.72. The number of piperidine rings is 1. The molecule has 1 saturated heterocycles. The summed E-state index contributed by atoms with van der Waals surface area (Å²) >= 11 is 3.23. The summed E-state index contributed by atoms with van der Waals surface area (Å²) in [4.78, 5) is 14.1. The second-order valence-corrected chi connectivity index (χ2v) is 5.10. The highest BCUT2D eigenvalue weighted by atomic mass is 79.9. The molecule has 0 aliphatic carbocycles. The molecular weight excluding hydrogens is 286 g/mol. The Morgan fingerprint density at radius 3 is 3.12 bits per heavy atom. The molecule has 17 heavy (non-hydrogen) atoms. The zero-order valence-corrected chi connectivity index (χ0v) is 11.1. The van der Waals surface area contributed by atoms with E-state index in [0.29, 0.717) is 16.2 Å². The Morgan fingerprint density at radius 2 is 2.47 bits per heavy atom. The fraction of sp³-hybridized carbons (Fsp3) is 0.583. The van der Waals surface area contributed by atoms with Gasteiger partial charge in [-0.1, -0.05) is 0 Å². The van der Waals surface area contributed by atoms with Crippen molar-refractivity contribution >= 4 is 21.8 Å². The van der Waals surface area contributed by atoms with E-state index in [1.807, 2.05) is 4.90 Å². The molecule has 0 aromatic carbocycles. The summed E-state index contributed by atoms with van der Waals surface area (Å²) < 4.78 is 5.57. The summed E-state index contributed by atoms with van der Waals surface area (Å²) in [5.74, 6) is 0.427. The lowest BCUT2D eigenvalue weighted by molar-refractivity contribution is 0.0651. The van der Waals surface area contributed by atoms with Gasteiger partial charge in [0.05, 0.1) is 11.8 Å². The first-order valence-corrected chi connectivity index (χ1v) is 6.64. The third-order valence-corrected chi connectivity index (χ3v) is 3.81. The zero-order valence-electron chi connectivity index (χ0n) is 9.56. The Kier molecular flexibility index (Phi) is 4.23. The summed E-state index contributed by atoms with van der Waals surface area (Å²) in [5.41, 5.74) is 0.578. The number of hydrogen-bond donors (Lipinski definition) is 1. The van der Waals surface area contributed by atoms with Gasteiger partial charge in [-0.25, -0.2) is 0 Å². The van der Waals surface area contributed by atoms with Crippen molar-refractivity contribution in [3.63, 3.8) is 0 Å². The fourth-order valence-electron chi connectivity index (χ4n) is 2.28. The second-order valence-electron chi connectivity index (χ2n) is 4.38. The molecule has 1 unspecified atom stereocenters. The van der Waals surface area contributed by atoms with Crippen molar-refractivity contribution in [2.24, 2.45) is 5.92 Å². The summed E-state index contributed by atoms with van der Waals surface area (Å²) in [6.07, 6.45) is 4.38. The molecule has 1 amide bonds. The minimum atomic E-state index is 0.00765. The molecule has 4 nitrogen and oxygen atoms in total. The fourth-order valence-corrected chi connectivity index (χ4v) is 2.69. The van der Waals surface area contributed by atoms with Crippen LogP contribution in [0.4, 0.5) is 0 Å². The number of nitrogens with zero attached hydrogens (tertiary/aromatic N) is 1. The highest BCUT2D eigenvalue weighted by Crippen LogP contribution is 2.24. The molecule has 2 heterocycles. The van der Waals surface area contributed by atoms with Crippen LogP contribution in [-0.2, 0) is 0 Å². The van der Waals surface area contributed by atoms with Gasteiger partial charge >= 0.3 is 0 Å². The number of rotatable bonds is 3. The maximum absolute atomic E-state index is 12.2. The van der Waals surface area contributed by atoms with Gasteiger partial charge in [0.25, 0.3) is 5.91 Å². The van der Waals surface area contributed by atoms with Crippen molar-refractivity contribution in [2.75, 3.05) is 19.7 Å². The SMILES string of the molecule is O=C(c1ccoc1Br)N1CCCC(CCO)C1. The van der Waals surface area contributed by atoms with Crippen LogP contribution >= 0.6 is 15.9 Å². The Morgan fingerprint density at radius 1 is 1.65 bits per heavy atom. The highest BCUT2D eigenvalue weighted by molar-refractivity contribution is 9.10. The Balaban J connectivity index is 2.02. The Hall–Kier alpha value is -0.810. The van der Waals surface area contributed by atoms with Gasteiger partial charge in [0.1, 0.15) is 0 Å². The van der Waals surface area contributed by atoms with Gasteiger partial charge in [0, 0.05) is 19.7 Å². The van der Waals surface area contributed by atoms with Crippen LogP contribution in [0.3, 0.4) is 0 Å². The first kappa shape index (κ1) is 12.6.